The molecule has 1 saturated heterocycles. The third kappa shape index (κ3) is 4.87. The van der Waals surface area contributed by atoms with Gasteiger partial charge in [-0.15, -0.1) is 0 Å². The van der Waals surface area contributed by atoms with E-state index in [1.54, 1.807) is 0 Å². The van der Waals surface area contributed by atoms with Gasteiger partial charge in [-0.25, -0.2) is 0 Å². The van der Waals surface area contributed by atoms with E-state index in [1.807, 2.05) is 0 Å². The average Bonchev–Trinajstić information content (AvgIpc) is 3.20. The lowest BCUT2D eigenvalue weighted by Gasteiger charge is -2.36. The number of hydrogen-bond acceptors (Lipinski definition) is 3. The van der Waals surface area contributed by atoms with Gasteiger partial charge in [0.25, 0.3) is 0 Å². The maximum atomic E-state index is 5.91. The Morgan fingerprint density at radius 1 is 1.33 bits per heavy atom. The van der Waals surface area contributed by atoms with Crippen molar-refractivity contribution in [2.24, 2.45) is 0 Å². The summed E-state index contributed by atoms with van der Waals surface area (Å²) in [5.74, 6) is 0. The summed E-state index contributed by atoms with van der Waals surface area (Å²) < 4.78 is 5.91. The van der Waals surface area contributed by atoms with E-state index >= 15 is 0 Å². The van der Waals surface area contributed by atoms with Gasteiger partial charge in [0.1, 0.15) is 0 Å². The Hall–Kier alpha value is -0.120. The van der Waals surface area contributed by atoms with Gasteiger partial charge in [-0.1, -0.05) is 6.92 Å². The number of ether oxygens (including phenoxy) is 1. The van der Waals surface area contributed by atoms with E-state index in [0.29, 0.717) is 12.1 Å². The lowest BCUT2D eigenvalue weighted by atomic mass is 10.0. The molecule has 1 aliphatic carbocycles. The molecule has 3 heteroatoms. The van der Waals surface area contributed by atoms with Gasteiger partial charge in [-0.2, -0.15) is 0 Å². The fourth-order valence-corrected chi connectivity index (χ4v) is 2.75. The summed E-state index contributed by atoms with van der Waals surface area (Å²) in [6.07, 6.45) is 8.24. The molecule has 2 fully saturated rings. The Morgan fingerprint density at radius 3 is 2.89 bits per heavy atom. The zero-order valence-electron chi connectivity index (χ0n) is 12.2. The van der Waals surface area contributed by atoms with Crippen LogP contribution in [0.4, 0.5) is 0 Å². The molecule has 1 heterocycles. The van der Waals surface area contributed by atoms with Crippen molar-refractivity contribution in [3.63, 3.8) is 0 Å². The number of nitrogens with zero attached hydrogens (tertiary/aromatic N) is 1. The molecule has 0 aromatic carbocycles. The summed E-state index contributed by atoms with van der Waals surface area (Å²) in [5.41, 5.74) is 0. The van der Waals surface area contributed by atoms with E-state index < -0.39 is 0 Å². The van der Waals surface area contributed by atoms with E-state index in [4.69, 9.17) is 4.74 Å². The Morgan fingerprint density at radius 2 is 2.17 bits per heavy atom. The summed E-state index contributed by atoms with van der Waals surface area (Å²) in [7, 11) is 0. The molecule has 2 aliphatic rings. The van der Waals surface area contributed by atoms with Crippen LogP contribution in [0.3, 0.4) is 0 Å². The molecule has 0 radical (unpaired) electrons. The van der Waals surface area contributed by atoms with E-state index in [1.165, 1.54) is 45.2 Å². The second kappa shape index (κ2) is 7.46. The van der Waals surface area contributed by atoms with Crippen molar-refractivity contribution in [1.29, 1.82) is 0 Å². The van der Waals surface area contributed by atoms with Crippen LogP contribution in [0.25, 0.3) is 0 Å². The molecule has 0 amide bonds. The van der Waals surface area contributed by atoms with Gasteiger partial charge in [-0.05, 0) is 58.5 Å². The first-order valence-corrected chi connectivity index (χ1v) is 7.88. The van der Waals surface area contributed by atoms with Crippen molar-refractivity contribution < 1.29 is 4.74 Å². The van der Waals surface area contributed by atoms with Crippen molar-refractivity contribution in [3.8, 4) is 0 Å². The number of likely N-dealkylation sites (tertiary alicyclic amines) is 1. The molecule has 0 aromatic heterocycles. The lowest BCUT2D eigenvalue weighted by Crippen LogP contribution is -2.45. The van der Waals surface area contributed by atoms with Crippen LogP contribution < -0.4 is 5.32 Å². The van der Waals surface area contributed by atoms with Crippen molar-refractivity contribution in [3.05, 3.63) is 0 Å². The third-order valence-electron chi connectivity index (χ3n) is 4.16. The van der Waals surface area contributed by atoms with Crippen molar-refractivity contribution >= 4 is 0 Å². The molecule has 0 bridgehead atoms. The molecule has 2 unspecified atom stereocenters. The minimum absolute atomic E-state index is 0.484. The normalized spacial score (nSPS) is 27.3. The quantitative estimate of drug-likeness (QED) is 0.720. The standard InChI is InChI=1S/C15H30N2O/c1-3-11-18-15-5-4-10-17(12-15)13(2)8-9-16-14-6-7-14/h13-16H,3-12H2,1-2H3. The van der Waals surface area contributed by atoms with E-state index in [-0.39, 0.29) is 0 Å². The second-order valence-corrected chi connectivity index (χ2v) is 6.00. The van der Waals surface area contributed by atoms with E-state index in [2.05, 4.69) is 24.1 Å². The van der Waals surface area contributed by atoms with Crippen LogP contribution in [0.1, 0.15) is 52.4 Å². The molecule has 2 rings (SSSR count). The van der Waals surface area contributed by atoms with Crippen molar-refractivity contribution in [2.45, 2.75) is 70.6 Å². The molecule has 3 nitrogen and oxygen atoms in total. The first-order chi connectivity index (χ1) is 8.79. The molecule has 106 valence electrons. The second-order valence-electron chi connectivity index (χ2n) is 6.00. The average molecular weight is 254 g/mol. The summed E-state index contributed by atoms with van der Waals surface area (Å²) >= 11 is 0. The van der Waals surface area contributed by atoms with Gasteiger partial charge in [-0.3, -0.25) is 4.90 Å². The predicted molar refractivity (Wildman–Crippen MR) is 75.9 cm³/mol. The Labute approximate surface area is 112 Å². The molecule has 18 heavy (non-hydrogen) atoms. The van der Waals surface area contributed by atoms with Gasteiger partial charge >= 0.3 is 0 Å². The highest BCUT2D eigenvalue weighted by Gasteiger charge is 2.24. The van der Waals surface area contributed by atoms with Crippen LogP contribution in [0.5, 0.6) is 0 Å². The Balaban J connectivity index is 1.62. The third-order valence-corrected chi connectivity index (χ3v) is 4.16. The molecule has 0 spiro atoms. The molecule has 1 saturated carbocycles. The molecular weight excluding hydrogens is 224 g/mol. The summed E-state index contributed by atoms with van der Waals surface area (Å²) in [5, 5.41) is 3.61. The largest absolute Gasteiger partial charge is 0.377 e. The predicted octanol–water partition coefficient (Wildman–Crippen LogP) is 2.41. The van der Waals surface area contributed by atoms with Crippen LogP contribution >= 0.6 is 0 Å². The Bertz CT molecular complexity index is 231. The van der Waals surface area contributed by atoms with Crippen LogP contribution in [-0.4, -0.2) is 49.3 Å². The van der Waals surface area contributed by atoms with Gasteiger partial charge in [0.2, 0.25) is 0 Å². The minimum Gasteiger partial charge on any atom is -0.377 e. The zero-order chi connectivity index (χ0) is 12.8. The number of rotatable bonds is 8. The van der Waals surface area contributed by atoms with Crippen LogP contribution in [-0.2, 0) is 4.74 Å². The maximum absolute atomic E-state index is 5.91. The topological polar surface area (TPSA) is 24.5 Å². The highest BCUT2D eigenvalue weighted by Crippen LogP contribution is 2.20. The fraction of sp³-hybridized carbons (Fsp3) is 1.00. The lowest BCUT2D eigenvalue weighted by molar-refractivity contribution is -0.0112. The summed E-state index contributed by atoms with van der Waals surface area (Å²) in [4.78, 5) is 2.62. The monoisotopic (exact) mass is 254 g/mol. The van der Waals surface area contributed by atoms with E-state index in [9.17, 15) is 0 Å². The Kier molecular flexibility index (Phi) is 5.93. The van der Waals surface area contributed by atoms with Crippen LogP contribution in [0.2, 0.25) is 0 Å². The van der Waals surface area contributed by atoms with Crippen molar-refractivity contribution in [1.82, 2.24) is 10.2 Å². The van der Waals surface area contributed by atoms with Crippen LogP contribution in [0, 0.1) is 0 Å². The SMILES string of the molecule is CCCOC1CCCN(C(C)CCNC2CC2)C1. The molecule has 2 atom stereocenters. The van der Waals surface area contributed by atoms with Crippen LogP contribution in [0.15, 0.2) is 0 Å². The number of nitrogens with one attached hydrogen (secondary N) is 1. The number of piperidine rings is 1. The first kappa shape index (κ1) is 14.3. The van der Waals surface area contributed by atoms with Gasteiger partial charge < -0.3 is 10.1 Å². The smallest absolute Gasteiger partial charge is 0.0702 e. The van der Waals surface area contributed by atoms with E-state index in [0.717, 1.165) is 25.6 Å². The summed E-state index contributed by atoms with van der Waals surface area (Å²) in [6, 6.07) is 1.54. The number of hydrogen-bond donors (Lipinski definition) is 1. The molecule has 1 N–H and O–H groups in total. The minimum atomic E-state index is 0.484. The molecular formula is C15H30N2O. The molecule has 1 aliphatic heterocycles. The van der Waals surface area contributed by atoms with Crippen molar-refractivity contribution in [2.75, 3.05) is 26.2 Å². The highest BCUT2D eigenvalue weighted by molar-refractivity contribution is 4.82. The van der Waals surface area contributed by atoms with Gasteiger partial charge in [0.05, 0.1) is 6.10 Å². The fourth-order valence-electron chi connectivity index (χ4n) is 2.75. The highest BCUT2D eigenvalue weighted by atomic mass is 16.5. The maximum Gasteiger partial charge on any atom is 0.0702 e. The molecule has 0 aromatic rings. The summed E-state index contributed by atoms with van der Waals surface area (Å²) in [6.45, 7) is 9.07. The van der Waals surface area contributed by atoms with Gasteiger partial charge in [0.15, 0.2) is 0 Å². The van der Waals surface area contributed by atoms with Gasteiger partial charge in [0, 0.05) is 25.2 Å². The zero-order valence-corrected chi connectivity index (χ0v) is 12.2. The first-order valence-electron chi connectivity index (χ1n) is 7.88.